The van der Waals surface area contributed by atoms with Crippen molar-refractivity contribution in [3.63, 3.8) is 0 Å². The Hall–Kier alpha value is -2.79. The minimum Gasteiger partial charge on any atom is -0.347 e. The van der Waals surface area contributed by atoms with Crippen LogP contribution < -0.4 is 0 Å². The average Bonchev–Trinajstić information content (AvgIpc) is 2.96. The second kappa shape index (κ2) is 6.11. The van der Waals surface area contributed by atoms with Gasteiger partial charge in [0.2, 0.25) is 0 Å². The lowest BCUT2D eigenvalue weighted by molar-refractivity contribution is 0.757. The Morgan fingerprint density at radius 1 is 0.857 bits per heavy atom. The number of hydrogen-bond acceptors (Lipinski definition) is 1. The van der Waals surface area contributed by atoms with E-state index in [-0.39, 0.29) is 0 Å². The monoisotopic (exact) mass is 272 g/mol. The molecule has 0 radical (unpaired) electrons. The Balaban J connectivity index is 1.85. The van der Waals surface area contributed by atoms with Crippen LogP contribution in [0.15, 0.2) is 72.9 Å². The molecule has 102 valence electrons. The fourth-order valence-corrected chi connectivity index (χ4v) is 2.52. The van der Waals surface area contributed by atoms with Crippen LogP contribution in [0.3, 0.4) is 0 Å². The summed E-state index contributed by atoms with van der Waals surface area (Å²) in [5.41, 5.74) is 4.36. The van der Waals surface area contributed by atoms with Crippen molar-refractivity contribution in [3.05, 3.63) is 95.3 Å². The standard InChI is InChI=1S/C19H16N2/c20-14-17-9-4-5-10-18(17)15-21-12-6-11-19(21)13-16-7-2-1-3-8-16/h1-12H,13,15H2. The molecule has 0 aliphatic heterocycles. The molecule has 0 atom stereocenters. The third kappa shape index (κ3) is 3.04. The molecule has 0 aliphatic rings. The highest BCUT2D eigenvalue weighted by atomic mass is 15.0. The number of nitriles is 1. The Bertz CT molecular complexity index is 764. The van der Waals surface area contributed by atoms with Crippen molar-refractivity contribution >= 4 is 0 Å². The summed E-state index contributed by atoms with van der Waals surface area (Å²) in [6.45, 7) is 0.735. The highest BCUT2D eigenvalue weighted by molar-refractivity contribution is 5.38. The second-order valence-electron chi connectivity index (χ2n) is 5.06. The predicted octanol–water partition coefficient (Wildman–Crippen LogP) is 4.00. The van der Waals surface area contributed by atoms with Gasteiger partial charge in [0, 0.05) is 24.9 Å². The Morgan fingerprint density at radius 3 is 2.43 bits per heavy atom. The number of rotatable bonds is 4. The smallest absolute Gasteiger partial charge is 0.0995 e. The van der Waals surface area contributed by atoms with Crippen LogP contribution in [0.5, 0.6) is 0 Å². The zero-order chi connectivity index (χ0) is 14.5. The van der Waals surface area contributed by atoms with E-state index >= 15 is 0 Å². The summed E-state index contributed by atoms with van der Waals surface area (Å²) >= 11 is 0. The molecule has 0 bridgehead atoms. The zero-order valence-corrected chi connectivity index (χ0v) is 11.7. The van der Waals surface area contributed by atoms with Crippen molar-refractivity contribution in [2.45, 2.75) is 13.0 Å². The summed E-state index contributed by atoms with van der Waals surface area (Å²) in [6.07, 6.45) is 2.98. The van der Waals surface area contributed by atoms with Gasteiger partial charge in [-0.2, -0.15) is 5.26 Å². The van der Waals surface area contributed by atoms with E-state index in [1.807, 2.05) is 30.3 Å². The van der Waals surface area contributed by atoms with Gasteiger partial charge in [-0.25, -0.2) is 0 Å². The largest absolute Gasteiger partial charge is 0.347 e. The summed E-state index contributed by atoms with van der Waals surface area (Å²) in [5.74, 6) is 0. The maximum Gasteiger partial charge on any atom is 0.0995 e. The van der Waals surface area contributed by atoms with Gasteiger partial charge in [-0.1, -0.05) is 48.5 Å². The molecule has 0 aliphatic carbocycles. The third-order valence-corrected chi connectivity index (χ3v) is 3.63. The van der Waals surface area contributed by atoms with Crippen LogP contribution in [0.4, 0.5) is 0 Å². The molecule has 0 amide bonds. The molecule has 0 saturated carbocycles. The number of hydrogen-bond donors (Lipinski definition) is 0. The van der Waals surface area contributed by atoms with E-state index in [1.165, 1.54) is 11.3 Å². The molecular formula is C19H16N2. The normalized spacial score (nSPS) is 10.2. The molecule has 2 aromatic carbocycles. The highest BCUT2D eigenvalue weighted by Gasteiger charge is 2.06. The van der Waals surface area contributed by atoms with Gasteiger partial charge >= 0.3 is 0 Å². The van der Waals surface area contributed by atoms with Crippen molar-refractivity contribution in [2.75, 3.05) is 0 Å². The van der Waals surface area contributed by atoms with E-state index in [9.17, 15) is 5.26 Å². The average molecular weight is 272 g/mol. The SMILES string of the molecule is N#Cc1ccccc1Cn1cccc1Cc1ccccc1. The quantitative estimate of drug-likeness (QED) is 0.705. The third-order valence-electron chi connectivity index (χ3n) is 3.63. The summed E-state index contributed by atoms with van der Waals surface area (Å²) in [6, 6.07) is 24.7. The molecule has 0 saturated heterocycles. The molecule has 2 heteroatoms. The van der Waals surface area contributed by atoms with Gasteiger partial charge in [-0.15, -0.1) is 0 Å². The lowest BCUT2D eigenvalue weighted by Gasteiger charge is -2.10. The lowest BCUT2D eigenvalue weighted by Crippen LogP contribution is -2.05. The molecular weight excluding hydrogens is 256 g/mol. The Morgan fingerprint density at radius 2 is 1.62 bits per heavy atom. The fraction of sp³-hybridized carbons (Fsp3) is 0.105. The summed E-state index contributed by atoms with van der Waals surface area (Å²) in [7, 11) is 0. The fourth-order valence-electron chi connectivity index (χ4n) is 2.52. The molecule has 0 fully saturated rings. The minimum absolute atomic E-state index is 0.735. The molecule has 2 nitrogen and oxygen atoms in total. The summed E-state index contributed by atoms with van der Waals surface area (Å²) < 4.78 is 2.21. The van der Waals surface area contributed by atoms with Gasteiger partial charge in [0.15, 0.2) is 0 Å². The summed E-state index contributed by atoms with van der Waals surface area (Å²) in [4.78, 5) is 0. The van der Waals surface area contributed by atoms with E-state index in [2.05, 4.69) is 53.2 Å². The minimum atomic E-state index is 0.735. The van der Waals surface area contributed by atoms with E-state index in [4.69, 9.17) is 0 Å². The molecule has 1 heterocycles. The van der Waals surface area contributed by atoms with Crippen LogP contribution in [-0.4, -0.2) is 4.57 Å². The van der Waals surface area contributed by atoms with Gasteiger partial charge in [0.25, 0.3) is 0 Å². The van der Waals surface area contributed by atoms with E-state index in [0.717, 1.165) is 24.1 Å². The van der Waals surface area contributed by atoms with E-state index < -0.39 is 0 Å². The molecule has 0 spiro atoms. The van der Waals surface area contributed by atoms with Gasteiger partial charge in [0.05, 0.1) is 11.6 Å². The number of nitrogens with zero attached hydrogens (tertiary/aromatic N) is 2. The van der Waals surface area contributed by atoms with Crippen LogP contribution in [0.1, 0.15) is 22.4 Å². The van der Waals surface area contributed by atoms with Gasteiger partial charge in [-0.05, 0) is 29.3 Å². The van der Waals surface area contributed by atoms with Crippen LogP contribution >= 0.6 is 0 Å². The molecule has 0 N–H and O–H groups in total. The summed E-state index contributed by atoms with van der Waals surface area (Å²) in [5, 5.41) is 9.19. The van der Waals surface area contributed by atoms with Gasteiger partial charge in [-0.3, -0.25) is 0 Å². The Labute approximate surface area is 124 Å². The van der Waals surface area contributed by atoms with Crippen molar-refractivity contribution in [1.29, 1.82) is 5.26 Å². The molecule has 3 aromatic rings. The second-order valence-corrected chi connectivity index (χ2v) is 5.06. The lowest BCUT2D eigenvalue weighted by atomic mass is 10.1. The van der Waals surface area contributed by atoms with Crippen molar-refractivity contribution in [1.82, 2.24) is 4.57 Å². The molecule has 0 unspecified atom stereocenters. The molecule has 3 rings (SSSR count). The van der Waals surface area contributed by atoms with Crippen molar-refractivity contribution < 1.29 is 0 Å². The van der Waals surface area contributed by atoms with Gasteiger partial charge < -0.3 is 4.57 Å². The topological polar surface area (TPSA) is 28.7 Å². The zero-order valence-electron chi connectivity index (χ0n) is 11.7. The van der Waals surface area contributed by atoms with Crippen molar-refractivity contribution in [2.24, 2.45) is 0 Å². The van der Waals surface area contributed by atoms with E-state index in [0.29, 0.717) is 0 Å². The molecule has 1 aromatic heterocycles. The maximum absolute atomic E-state index is 9.19. The van der Waals surface area contributed by atoms with Crippen LogP contribution in [0.25, 0.3) is 0 Å². The maximum atomic E-state index is 9.19. The van der Waals surface area contributed by atoms with Crippen molar-refractivity contribution in [3.8, 4) is 6.07 Å². The number of aromatic nitrogens is 1. The van der Waals surface area contributed by atoms with Crippen LogP contribution in [0.2, 0.25) is 0 Å². The number of benzene rings is 2. The first-order valence-electron chi connectivity index (χ1n) is 7.03. The first-order valence-corrected chi connectivity index (χ1v) is 7.03. The first kappa shape index (κ1) is 13.2. The van der Waals surface area contributed by atoms with Gasteiger partial charge in [0.1, 0.15) is 0 Å². The van der Waals surface area contributed by atoms with Crippen LogP contribution in [-0.2, 0) is 13.0 Å². The predicted molar refractivity (Wildman–Crippen MR) is 83.9 cm³/mol. The first-order chi connectivity index (χ1) is 10.4. The molecule has 21 heavy (non-hydrogen) atoms. The Kier molecular flexibility index (Phi) is 3.84. The van der Waals surface area contributed by atoms with E-state index in [1.54, 1.807) is 0 Å². The highest BCUT2D eigenvalue weighted by Crippen LogP contribution is 2.15. The van der Waals surface area contributed by atoms with Crippen LogP contribution in [0, 0.1) is 11.3 Å².